The molecule has 6 heteroatoms. The van der Waals surface area contributed by atoms with E-state index >= 15 is 0 Å². The quantitative estimate of drug-likeness (QED) is 0.639. The fourth-order valence-corrected chi connectivity index (χ4v) is 2.78. The number of methoxy groups -OCH3 is 1. The minimum absolute atomic E-state index is 0.113. The van der Waals surface area contributed by atoms with Gasteiger partial charge >= 0.3 is 12.0 Å². The summed E-state index contributed by atoms with van der Waals surface area (Å²) in [5, 5.41) is 14.2. The molecule has 2 amide bonds. The summed E-state index contributed by atoms with van der Waals surface area (Å²) in [7, 11) is 1.44. The highest BCUT2D eigenvalue weighted by Gasteiger charge is 2.20. The molecule has 1 atom stereocenters. The van der Waals surface area contributed by atoms with Gasteiger partial charge in [-0.1, -0.05) is 26.2 Å². The molecule has 1 aliphatic carbocycles. The molecule has 1 unspecified atom stereocenters. The molecule has 0 aliphatic heterocycles. The van der Waals surface area contributed by atoms with Crippen LogP contribution in [-0.2, 0) is 9.53 Å². The molecule has 1 saturated carbocycles. The van der Waals surface area contributed by atoms with Crippen LogP contribution in [0.1, 0.15) is 45.4 Å². The van der Waals surface area contributed by atoms with Crippen molar-refractivity contribution < 1.29 is 19.4 Å². The molecular formula is C15H28N2O4. The zero-order valence-corrected chi connectivity index (χ0v) is 13.1. The summed E-state index contributed by atoms with van der Waals surface area (Å²) in [4.78, 5) is 22.3. The van der Waals surface area contributed by atoms with Gasteiger partial charge in [0.15, 0.2) is 0 Å². The van der Waals surface area contributed by atoms with Crippen LogP contribution < -0.4 is 10.6 Å². The van der Waals surface area contributed by atoms with E-state index < -0.39 is 12.1 Å². The van der Waals surface area contributed by atoms with Crippen molar-refractivity contribution in [3.8, 4) is 0 Å². The highest BCUT2D eigenvalue weighted by Crippen LogP contribution is 2.29. The van der Waals surface area contributed by atoms with Crippen LogP contribution in [0.5, 0.6) is 0 Å². The van der Waals surface area contributed by atoms with Crippen LogP contribution in [0.2, 0.25) is 0 Å². The summed E-state index contributed by atoms with van der Waals surface area (Å²) in [5.41, 5.74) is 0. The predicted octanol–water partition coefficient (Wildman–Crippen LogP) is 1.99. The average molecular weight is 300 g/mol. The summed E-state index contributed by atoms with van der Waals surface area (Å²) in [5.74, 6) is 0.487. The minimum Gasteiger partial charge on any atom is -0.481 e. The third kappa shape index (κ3) is 7.32. The number of carbonyl (C=O) groups is 2. The fraction of sp³-hybridized carbons (Fsp3) is 0.867. The zero-order chi connectivity index (χ0) is 15.7. The Morgan fingerprint density at radius 3 is 2.33 bits per heavy atom. The molecule has 0 heterocycles. The second kappa shape index (κ2) is 9.60. The Kier molecular flexibility index (Phi) is 8.12. The van der Waals surface area contributed by atoms with E-state index in [9.17, 15) is 9.59 Å². The van der Waals surface area contributed by atoms with Gasteiger partial charge in [-0.05, 0) is 24.7 Å². The lowest BCUT2D eigenvalue weighted by Gasteiger charge is -2.27. The molecule has 122 valence electrons. The Morgan fingerprint density at radius 2 is 1.81 bits per heavy atom. The van der Waals surface area contributed by atoms with E-state index in [2.05, 4.69) is 17.6 Å². The van der Waals surface area contributed by atoms with Crippen molar-refractivity contribution in [2.75, 3.05) is 20.2 Å². The lowest BCUT2D eigenvalue weighted by Crippen LogP contribution is -2.42. The summed E-state index contributed by atoms with van der Waals surface area (Å²) in [6, 6.07) is -0.250. The van der Waals surface area contributed by atoms with Crippen LogP contribution in [0.4, 0.5) is 4.79 Å². The number of aliphatic carboxylic acids is 1. The third-order valence-corrected chi connectivity index (χ3v) is 4.32. The summed E-state index contributed by atoms with van der Waals surface area (Å²) in [6.45, 7) is 3.14. The lowest BCUT2D eigenvalue weighted by molar-refractivity contribution is -0.139. The number of carboxylic acid groups (broad SMARTS) is 1. The first-order valence-corrected chi connectivity index (χ1v) is 7.81. The number of nitrogens with one attached hydrogen (secondary N) is 2. The van der Waals surface area contributed by atoms with Crippen LogP contribution >= 0.6 is 0 Å². The van der Waals surface area contributed by atoms with Crippen molar-refractivity contribution >= 4 is 12.0 Å². The molecule has 0 aromatic rings. The number of urea groups is 1. The molecule has 0 bridgehead atoms. The highest BCUT2D eigenvalue weighted by molar-refractivity contribution is 5.74. The Bertz CT molecular complexity index is 328. The number of hydrogen-bond donors (Lipinski definition) is 3. The van der Waals surface area contributed by atoms with Crippen molar-refractivity contribution in [3.05, 3.63) is 0 Å². The molecular weight excluding hydrogens is 272 g/mol. The maximum absolute atomic E-state index is 11.7. The number of rotatable bonds is 8. The second-order valence-corrected chi connectivity index (χ2v) is 5.84. The zero-order valence-electron chi connectivity index (χ0n) is 13.1. The molecule has 1 rings (SSSR count). The van der Waals surface area contributed by atoms with Gasteiger partial charge in [-0.25, -0.2) is 4.79 Å². The van der Waals surface area contributed by atoms with Crippen LogP contribution in [0.15, 0.2) is 0 Å². The maximum atomic E-state index is 11.7. The lowest BCUT2D eigenvalue weighted by atomic mass is 9.81. The van der Waals surface area contributed by atoms with Gasteiger partial charge in [0.2, 0.25) is 0 Å². The minimum atomic E-state index is -0.934. The molecule has 1 aliphatic rings. The van der Waals surface area contributed by atoms with Crippen LogP contribution in [-0.4, -0.2) is 43.4 Å². The summed E-state index contributed by atoms with van der Waals surface area (Å²) < 4.78 is 5.01. The predicted molar refractivity (Wildman–Crippen MR) is 80.2 cm³/mol. The Hall–Kier alpha value is -1.30. The first-order chi connectivity index (χ1) is 10.0. The first kappa shape index (κ1) is 17.8. The number of carboxylic acids is 1. The van der Waals surface area contributed by atoms with E-state index in [0.717, 1.165) is 5.92 Å². The second-order valence-electron chi connectivity index (χ2n) is 5.84. The van der Waals surface area contributed by atoms with Crippen molar-refractivity contribution in [2.45, 2.75) is 51.6 Å². The fourth-order valence-electron chi connectivity index (χ4n) is 2.78. The van der Waals surface area contributed by atoms with Gasteiger partial charge in [0.25, 0.3) is 0 Å². The SMILES string of the molecule is CCC1CCC(CNC(=O)NCC(CC(=O)O)OC)CC1. The number of amides is 2. The number of ether oxygens (including phenoxy) is 1. The van der Waals surface area contributed by atoms with Crippen LogP contribution in [0.25, 0.3) is 0 Å². The van der Waals surface area contributed by atoms with Gasteiger partial charge < -0.3 is 20.5 Å². The number of carbonyl (C=O) groups excluding carboxylic acids is 1. The molecule has 0 radical (unpaired) electrons. The van der Waals surface area contributed by atoms with Gasteiger partial charge in [-0.3, -0.25) is 4.79 Å². The summed E-state index contributed by atoms with van der Waals surface area (Å²) in [6.07, 6.45) is 5.52. The monoisotopic (exact) mass is 300 g/mol. The van der Waals surface area contributed by atoms with Gasteiger partial charge in [0.1, 0.15) is 0 Å². The maximum Gasteiger partial charge on any atom is 0.314 e. The third-order valence-electron chi connectivity index (χ3n) is 4.32. The molecule has 0 saturated heterocycles. The number of hydrogen-bond acceptors (Lipinski definition) is 3. The van der Waals surface area contributed by atoms with E-state index in [1.165, 1.54) is 39.2 Å². The molecule has 0 aromatic carbocycles. The molecule has 0 spiro atoms. The van der Waals surface area contributed by atoms with Crippen LogP contribution in [0, 0.1) is 11.8 Å². The normalized spacial score (nSPS) is 23.3. The van der Waals surface area contributed by atoms with Gasteiger partial charge in [0.05, 0.1) is 12.5 Å². The van der Waals surface area contributed by atoms with Crippen molar-refractivity contribution in [1.82, 2.24) is 10.6 Å². The van der Waals surface area contributed by atoms with Crippen molar-refractivity contribution in [1.29, 1.82) is 0 Å². The smallest absolute Gasteiger partial charge is 0.314 e. The van der Waals surface area contributed by atoms with Gasteiger partial charge in [0, 0.05) is 20.2 Å². The van der Waals surface area contributed by atoms with E-state index in [4.69, 9.17) is 9.84 Å². The Labute approximate surface area is 126 Å². The molecule has 6 nitrogen and oxygen atoms in total. The van der Waals surface area contributed by atoms with Crippen molar-refractivity contribution in [2.24, 2.45) is 11.8 Å². The van der Waals surface area contributed by atoms with E-state index in [1.54, 1.807) is 0 Å². The van der Waals surface area contributed by atoms with Crippen LogP contribution in [0.3, 0.4) is 0 Å². The average Bonchev–Trinajstić information content (AvgIpc) is 2.49. The molecule has 0 aromatic heterocycles. The molecule has 21 heavy (non-hydrogen) atoms. The molecule has 1 fully saturated rings. The highest BCUT2D eigenvalue weighted by atomic mass is 16.5. The Balaban J connectivity index is 2.15. The summed E-state index contributed by atoms with van der Waals surface area (Å²) >= 11 is 0. The van der Waals surface area contributed by atoms with E-state index in [0.29, 0.717) is 12.5 Å². The first-order valence-electron chi connectivity index (χ1n) is 7.81. The van der Waals surface area contributed by atoms with E-state index in [-0.39, 0.29) is 19.0 Å². The Morgan fingerprint density at radius 1 is 1.19 bits per heavy atom. The van der Waals surface area contributed by atoms with E-state index in [1.807, 2.05) is 0 Å². The molecule has 3 N–H and O–H groups in total. The van der Waals surface area contributed by atoms with Gasteiger partial charge in [-0.2, -0.15) is 0 Å². The van der Waals surface area contributed by atoms with Gasteiger partial charge in [-0.15, -0.1) is 0 Å². The largest absolute Gasteiger partial charge is 0.481 e. The standard InChI is InChI=1S/C15H28N2O4/c1-3-11-4-6-12(7-5-11)9-16-15(20)17-10-13(21-2)8-14(18)19/h11-13H,3-10H2,1-2H3,(H,18,19)(H2,16,17,20). The van der Waals surface area contributed by atoms with Crippen molar-refractivity contribution in [3.63, 3.8) is 0 Å². The topological polar surface area (TPSA) is 87.7 Å².